The molecule has 0 radical (unpaired) electrons. The van der Waals surface area contributed by atoms with Crippen molar-refractivity contribution in [1.29, 1.82) is 0 Å². The fraction of sp³-hybridized carbons (Fsp3) is 0.909. The molecule has 0 aromatic rings. The Morgan fingerprint density at radius 2 is 2.15 bits per heavy atom. The van der Waals surface area contributed by atoms with Gasteiger partial charge in [-0.05, 0) is 37.0 Å². The van der Waals surface area contributed by atoms with Crippen molar-refractivity contribution in [3.05, 3.63) is 0 Å². The van der Waals surface area contributed by atoms with Crippen LogP contribution in [0.4, 0.5) is 0 Å². The number of rotatable bonds is 2. The molecule has 0 aromatic heterocycles. The molecular formula is C11H19NO. The van der Waals surface area contributed by atoms with Crippen LogP contribution in [0.15, 0.2) is 0 Å². The Kier molecular flexibility index (Phi) is 2.31. The van der Waals surface area contributed by atoms with E-state index in [1.165, 1.54) is 25.7 Å². The number of hydrogen-bond donors (Lipinski definition) is 1. The standard InChI is InChI=1S/C11H19NO/c1-3-9-4-8-5-10(9)11(6-8)12-7(2)13/h8-11H,3-6H2,1-2H3,(H,12,13)/t8-,9+,10+,11+/m1/s1. The molecule has 13 heavy (non-hydrogen) atoms. The molecule has 0 aliphatic heterocycles. The zero-order valence-corrected chi connectivity index (χ0v) is 8.55. The van der Waals surface area contributed by atoms with E-state index < -0.39 is 0 Å². The molecule has 2 bridgehead atoms. The lowest BCUT2D eigenvalue weighted by molar-refractivity contribution is -0.120. The van der Waals surface area contributed by atoms with Gasteiger partial charge in [-0.2, -0.15) is 0 Å². The third-order valence-corrected chi connectivity index (χ3v) is 3.86. The number of amides is 1. The summed E-state index contributed by atoms with van der Waals surface area (Å²) < 4.78 is 0. The van der Waals surface area contributed by atoms with Gasteiger partial charge in [0.05, 0.1) is 0 Å². The lowest BCUT2D eigenvalue weighted by atomic mass is 9.83. The van der Waals surface area contributed by atoms with E-state index in [0.717, 1.165) is 17.8 Å². The minimum atomic E-state index is 0.146. The van der Waals surface area contributed by atoms with E-state index in [4.69, 9.17) is 0 Å². The second-order valence-corrected chi connectivity index (χ2v) is 4.71. The monoisotopic (exact) mass is 181 g/mol. The topological polar surface area (TPSA) is 29.1 Å². The molecule has 1 N–H and O–H groups in total. The van der Waals surface area contributed by atoms with E-state index in [2.05, 4.69) is 12.2 Å². The van der Waals surface area contributed by atoms with Gasteiger partial charge in [0.25, 0.3) is 0 Å². The quantitative estimate of drug-likeness (QED) is 0.693. The van der Waals surface area contributed by atoms with Crippen molar-refractivity contribution in [1.82, 2.24) is 5.32 Å². The number of fused-ring (bicyclic) bond motifs is 2. The Balaban J connectivity index is 1.97. The number of carbonyl (C=O) groups is 1. The molecule has 2 nitrogen and oxygen atoms in total. The van der Waals surface area contributed by atoms with Crippen molar-refractivity contribution in [2.24, 2.45) is 17.8 Å². The fourth-order valence-corrected chi connectivity index (χ4v) is 3.39. The van der Waals surface area contributed by atoms with E-state index in [-0.39, 0.29) is 5.91 Å². The Morgan fingerprint density at radius 1 is 1.38 bits per heavy atom. The largest absolute Gasteiger partial charge is 0.353 e. The van der Waals surface area contributed by atoms with Gasteiger partial charge >= 0.3 is 0 Å². The first-order valence-corrected chi connectivity index (χ1v) is 5.47. The minimum Gasteiger partial charge on any atom is -0.353 e. The normalized spacial score (nSPS) is 42.3. The van der Waals surface area contributed by atoms with Crippen LogP contribution in [0.1, 0.15) is 39.5 Å². The van der Waals surface area contributed by atoms with Gasteiger partial charge < -0.3 is 5.32 Å². The first-order chi connectivity index (χ1) is 6.20. The van der Waals surface area contributed by atoms with Crippen molar-refractivity contribution >= 4 is 5.91 Å². The Labute approximate surface area is 80.1 Å². The summed E-state index contributed by atoms with van der Waals surface area (Å²) in [7, 11) is 0. The van der Waals surface area contributed by atoms with Crippen LogP contribution in [0.3, 0.4) is 0 Å². The average Bonchev–Trinajstić information content (AvgIpc) is 2.60. The van der Waals surface area contributed by atoms with Crippen molar-refractivity contribution in [3.63, 3.8) is 0 Å². The van der Waals surface area contributed by atoms with Crippen LogP contribution in [0.2, 0.25) is 0 Å². The highest BCUT2D eigenvalue weighted by Crippen LogP contribution is 2.49. The van der Waals surface area contributed by atoms with Gasteiger partial charge in [-0.3, -0.25) is 4.79 Å². The molecule has 2 fully saturated rings. The maximum Gasteiger partial charge on any atom is 0.217 e. The Hall–Kier alpha value is -0.530. The van der Waals surface area contributed by atoms with E-state index in [1.54, 1.807) is 6.92 Å². The minimum absolute atomic E-state index is 0.146. The molecule has 2 saturated carbocycles. The molecule has 2 aliphatic rings. The Morgan fingerprint density at radius 3 is 2.69 bits per heavy atom. The number of nitrogens with one attached hydrogen (secondary N) is 1. The highest BCUT2D eigenvalue weighted by Gasteiger charge is 2.45. The summed E-state index contributed by atoms with van der Waals surface area (Å²) in [6.07, 6.45) is 5.30. The van der Waals surface area contributed by atoms with Crippen molar-refractivity contribution in [2.45, 2.75) is 45.6 Å². The first-order valence-electron chi connectivity index (χ1n) is 5.47. The van der Waals surface area contributed by atoms with E-state index in [0.29, 0.717) is 6.04 Å². The van der Waals surface area contributed by atoms with Crippen molar-refractivity contribution in [3.8, 4) is 0 Å². The highest BCUT2D eigenvalue weighted by atomic mass is 16.1. The van der Waals surface area contributed by atoms with E-state index in [9.17, 15) is 4.79 Å². The van der Waals surface area contributed by atoms with Gasteiger partial charge in [-0.1, -0.05) is 13.3 Å². The zero-order valence-electron chi connectivity index (χ0n) is 8.55. The average molecular weight is 181 g/mol. The molecule has 0 unspecified atom stereocenters. The summed E-state index contributed by atoms with van der Waals surface area (Å²) in [6.45, 7) is 3.91. The lowest BCUT2D eigenvalue weighted by Crippen LogP contribution is -2.39. The highest BCUT2D eigenvalue weighted by molar-refractivity contribution is 5.73. The lowest BCUT2D eigenvalue weighted by Gasteiger charge is -2.29. The summed E-state index contributed by atoms with van der Waals surface area (Å²) in [6, 6.07) is 0.501. The summed E-state index contributed by atoms with van der Waals surface area (Å²) in [5.41, 5.74) is 0. The molecule has 0 saturated heterocycles. The second-order valence-electron chi connectivity index (χ2n) is 4.71. The smallest absolute Gasteiger partial charge is 0.217 e. The van der Waals surface area contributed by atoms with E-state index >= 15 is 0 Å². The first kappa shape index (κ1) is 9.04. The maximum absolute atomic E-state index is 11.0. The number of hydrogen-bond acceptors (Lipinski definition) is 1. The van der Waals surface area contributed by atoms with Gasteiger partial charge in [-0.15, -0.1) is 0 Å². The number of carbonyl (C=O) groups excluding carboxylic acids is 1. The van der Waals surface area contributed by atoms with E-state index in [1.807, 2.05) is 0 Å². The van der Waals surface area contributed by atoms with Crippen LogP contribution in [0.5, 0.6) is 0 Å². The molecule has 2 aliphatic carbocycles. The van der Waals surface area contributed by atoms with Crippen LogP contribution >= 0.6 is 0 Å². The molecule has 2 heteroatoms. The van der Waals surface area contributed by atoms with Crippen LogP contribution in [-0.4, -0.2) is 11.9 Å². The predicted molar refractivity (Wildman–Crippen MR) is 52.2 cm³/mol. The van der Waals surface area contributed by atoms with Gasteiger partial charge in [0.1, 0.15) is 0 Å². The molecule has 74 valence electrons. The molecule has 0 aromatic carbocycles. The zero-order chi connectivity index (χ0) is 9.42. The van der Waals surface area contributed by atoms with Gasteiger partial charge in [0, 0.05) is 13.0 Å². The third-order valence-electron chi connectivity index (χ3n) is 3.86. The molecule has 0 heterocycles. The van der Waals surface area contributed by atoms with Crippen LogP contribution in [0.25, 0.3) is 0 Å². The summed E-state index contributed by atoms with van der Waals surface area (Å²) >= 11 is 0. The summed E-state index contributed by atoms with van der Waals surface area (Å²) in [4.78, 5) is 11.0. The molecule has 4 atom stereocenters. The Bertz CT molecular complexity index is 214. The van der Waals surface area contributed by atoms with Gasteiger partial charge in [0.2, 0.25) is 5.91 Å². The maximum atomic E-state index is 11.0. The van der Waals surface area contributed by atoms with Crippen LogP contribution in [-0.2, 0) is 4.79 Å². The molecular weight excluding hydrogens is 162 g/mol. The van der Waals surface area contributed by atoms with Crippen LogP contribution in [0, 0.1) is 17.8 Å². The summed E-state index contributed by atoms with van der Waals surface area (Å²) in [5.74, 6) is 2.73. The van der Waals surface area contributed by atoms with Crippen LogP contribution < -0.4 is 5.32 Å². The molecule has 2 rings (SSSR count). The second kappa shape index (κ2) is 3.32. The summed E-state index contributed by atoms with van der Waals surface area (Å²) in [5, 5.41) is 3.10. The SMILES string of the molecule is CC[C@H]1C[C@@H]2C[C@@H]1[C@@H](NC(C)=O)C2. The molecule has 1 amide bonds. The predicted octanol–water partition coefficient (Wildman–Crippen LogP) is 1.95. The van der Waals surface area contributed by atoms with Crippen molar-refractivity contribution < 1.29 is 4.79 Å². The fourth-order valence-electron chi connectivity index (χ4n) is 3.39. The molecule has 0 spiro atoms. The van der Waals surface area contributed by atoms with Gasteiger partial charge in [0.15, 0.2) is 0 Å². The van der Waals surface area contributed by atoms with Crippen molar-refractivity contribution in [2.75, 3.05) is 0 Å². The van der Waals surface area contributed by atoms with Gasteiger partial charge in [-0.25, -0.2) is 0 Å². The third kappa shape index (κ3) is 1.59.